The summed E-state index contributed by atoms with van der Waals surface area (Å²) in [6.45, 7) is 1.40. The third kappa shape index (κ3) is 2.74. The van der Waals surface area contributed by atoms with Gasteiger partial charge in [0.15, 0.2) is 5.79 Å². The Morgan fingerprint density at radius 2 is 1.83 bits per heavy atom. The first-order chi connectivity index (χ1) is 11.2. The molecule has 0 bridgehead atoms. The third-order valence-corrected chi connectivity index (χ3v) is 6.23. The van der Waals surface area contributed by atoms with Gasteiger partial charge in [0, 0.05) is 24.7 Å². The van der Waals surface area contributed by atoms with Gasteiger partial charge >= 0.3 is 0 Å². The SMILES string of the molecule is O=C1CCCC[C@@H]2CC3(CC[C@]12Cc1ccccc1)OCCO3. The lowest BCUT2D eigenvalue weighted by Gasteiger charge is -2.48. The van der Waals surface area contributed by atoms with Crippen molar-refractivity contribution in [2.75, 3.05) is 13.2 Å². The van der Waals surface area contributed by atoms with Crippen LogP contribution in [-0.2, 0) is 20.7 Å². The van der Waals surface area contributed by atoms with E-state index in [4.69, 9.17) is 9.47 Å². The number of Topliss-reactive ketones (excluding diaryl/α,β-unsaturated/α-hetero) is 1. The van der Waals surface area contributed by atoms with Crippen LogP contribution in [-0.4, -0.2) is 24.8 Å². The highest BCUT2D eigenvalue weighted by atomic mass is 16.7. The van der Waals surface area contributed by atoms with Gasteiger partial charge in [-0.25, -0.2) is 0 Å². The molecule has 1 aliphatic heterocycles. The lowest BCUT2D eigenvalue weighted by molar-refractivity contribution is -0.207. The predicted octanol–water partition coefficient (Wildman–Crippen LogP) is 3.90. The third-order valence-electron chi connectivity index (χ3n) is 6.23. The molecule has 1 heterocycles. The molecule has 3 heteroatoms. The van der Waals surface area contributed by atoms with Gasteiger partial charge in [0.2, 0.25) is 0 Å². The highest BCUT2D eigenvalue weighted by molar-refractivity contribution is 5.86. The van der Waals surface area contributed by atoms with Crippen LogP contribution in [0.25, 0.3) is 0 Å². The van der Waals surface area contributed by atoms with Crippen LogP contribution in [0.1, 0.15) is 50.5 Å². The number of fused-ring (bicyclic) bond motifs is 1. The standard InChI is InChI=1S/C20H26O3/c21-18-9-5-4-8-17-15-20(22-12-13-23-20)11-10-19(17,18)14-16-6-2-1-3-7-16/h1-3,6-7,17H,4-5,8-15H2/t17-,19-/m1/s1. The Bertz CT molecular complexity index is 562. The zero-order valence-corrected chi connectivity index (χ0v) is 13.8. The second-order valence-electron chi connectivity index (χ2n) is 7.50. The first-order valence-corrected chi connectivity index (χ1v) is 9.08. The van der Waals surface area contributed by atoms with Crippen LogP contribution in [0.15, 0.2) is 30.3 Å². The minimum absolute atomic E-state index is 0.196. The smallest absolute Gasteiger partial charge is 0.168 e. The van der Waals surface area contributed by atoms with Crippen LogP contribution in [0.5, 0.6) is 0 Å². The van der Waals surface area contributed by atoms with Gasteiger partial charge in [0.25, 0.3) is 0 Å². The van der Waals surface area contributed by atoms with E-state index in [2.05, 4.69) is 24.3 Å². The molecule has 4 rings (SSSR count). The lowest BCUT2D eigenvalue weighted by Crippen LogP contribution is -2.50. The van der Waals surface area contributed by atoms with Crippen molar-refractivity contribution in [2.24, 2.45) is 11.3 Å². The molecule has 1 aromatic carbocycles. The van der Waals surface area contributed by atoms with Gasteiger partial charge < -0.3 is 9.47 Å². The van der Waals surface area contributed by atoms with Gasteiger partial charge in [0.1, 0.15) is 5.78 Å². The highest BCUT2D eigenvalue weighted by Crippen LogP contribution is 2.54. The number of hydrogen-bond donors (Lipinski definition) is 0. The highest BCUT2D eigenvalue weighted by Gasteiger charge is 2.55. The summed E-state index contributed by atoms with van der Waals surface area (Å²) in [5.74, 6) is 0.483. The molecule has 0 N–H and O–H groups in total. The summed E-state index contributed by atoms with van der Waals surface area (Å²) in [6.07, 6.45) is 7.63. The quantitative estimate of drug-likeness (QED) is 0.830. The Labute approximate surface area is 138 Å². The molecule has 1 saturated heterocycles. The molecule has 2 aliphatic carbocycles. The van der Waals surface area contributed by atoms with Crippen molar-refractivity contribution in [2.45, 2.75) is 57.2 Å². The molecule has 1 spiro atoms. The number of rotatable bonds is 2. The summed E-state index contributed by atoms with van der Waals surface area (Å²) in [5.41, 5.74) is 1.09. The van der Waals surface area contributed by atoms with E-state index in [0.717, 1.165) is 51.4 Å². The number of benzene rings is 1. The molecule has 3 aliphatic rings. The maximum Gasteiger partial charge on any atom is 0.168 e. The van der Waals surface area contributed by atoms with Crippen molar-refractivity contribution in [3.8, 4) is 0 Å². The lowest BCUT2D eigenvalue weighted by atomic mass is 9.59. The minimum Gasteiger partial charge on any atom is -0.348 e. The fraction of sp³-hybridized carbons (Fsp3) is 0.650. The van der Waals surface area contributed by atoms with Gasteiger partial charge in [-0.2, -0.15) is 0 Å². The predicted molar refractivity (Wildman–Crippen MR) is 88.0 cm³/mol. The van der Waals surface area contributed by atoms with Crippen LogP contribution in [0.2, 0.25) is 0 Å². The maximum atomic E-state index is 13.1. The van der Waals surface area contributed by atoms with Gasteiger partial charge in [-0.3, -0.25) is 4.79 Å². The average Bonchev–Trinajstić information content (AvgIpc) is 2.96. The number of ether oxygens (including phenoxy) is 2. The van der Waals surface area contributed by atoms with E-state index in [1.54, 1.807) is 0 Å². The second-order valence-corrected chi connectivity index (χ2v) is 7.50. The van der Waals surface area contributed by atoms with Crippen LogP contribution in [0.4, 0.5) is 0 Å². The number of carbonyl (C=O) groups is 1. The van der Waals surface area contributed by atoms with E-state index < -0.39 is 5.79 Å². The Morgan fingerprint density at radius 1 is 1.04 bits per heavy atom. The first kappa shape index (κ1) is 15.3. The topological polar surface area (TPSA) is 35.5 Å². The van der Waals surface area contributed by atoms with Crippen molar-refractivity contribution in [3.05, 3.63) is 35.9 Å². The molecule has 23 heavy (non-hydrogen) atoms. The molecule has 0 unspecified atom stereocenters. The van der Waals surface area contributed by atoms with E-state index in [1.807, 2.05) is 6.07 Å². The molecular weight excluding hydrogens is 288 g/mol. The van der Waals surface area contributed by atoms with E-state index in [1.165, 1.54) is 5.56 Å². The summed E-state index contributed by atoms with van der Waals surface area (Å²) < 4.78 is 11.9. The van der Waals surface area contributed by atoms with Crippen molar-refractivity contribution in [1.82, 2.24) is 0 Å². The Balaban J connectivity index is 1.65. The zero-order chi connectivity index (χ0) is 15.8. The van der Waals surface area contributed by atoms with Crippen molar-refractivity contribution in [3.63, 3.8) is 0 Å². The first-order valence-electron chi connectivity index (χ1n) is 9.08. The van der Waals surface area contributed by atoms with Gasteiger partial charge in [0.05, 0.1) is 13.2 Å². The summed E-state index contributed by atoms with van der Waals surface area (Å²) in [7, 11) is 0. The van der Waals surface area contributed by atoms with Crippen LogP contribution in [0, 0.1) is 11.3 Å². The molecular formula is C20H26O3. The Hall–Kier alpha value is -1.19. The summed E-state index contributed by atoms with van der Waals surface area (Å²) in [5, 5.41) is 0. The van der Waals surface area contributed by atoms with E-state index in [0.29, 0.717) is 24.9 Å². The number of hydrogen-bond acceptors (Lipinski definition) is 3. The molecule has 3 fully saturated rings. The van der Waals surface area contributed by atoms with E-state index in [9.17, 15) is 4.79 Å². The largest absolute Gasteiger partial charge is 0.348 e. The molecule has 0 radical (unpaired) electrons. The van der Waals surface area contributed by atoms with Gasteiger partial charge in [-0.1, -0.05) is 36.8 Å². The average molecular weight is 314 g/mol. The zero-order valence-electron chi connectivity index (χ0n) is 13.8. The molecule has 2 atom stereocenters. The molecule has 124 valence electrons. The van der Waals surface area contributed by atoms with Crippen LogP contribution < -0.4 is 0 Å². The van der Waals surface area contributed by atoms with Gasteiger partial charge in [-0.15, -0.1) is 0 Å². The summed E-state index contributed by atoms with van der Waals surface area (Å²) in [4.78, 5) is 13.1. The molecule has 0 aromatic heterocycles. The Morgan fingerprint density at radius 3 is 2.61 bits per heavy atom. The fourth-order valence-corrected chi connectivity index (χ4v) is 5.01. The van der Waals surface area contributed by atoms with Gasteiger partial charge in [-0.05, 0) is 37.2 Å². The second kappa shape index (κ2) is 6.03. The molecule has 1 aromatic rings. The fourth-order valence-electron chi connectivity index (χ4n) is 5.01. The normalized spacial score (nSPS) is 33.4. The monoisotopic (exact) mass is 314 g/mol. The van der Waals surface area contributed by atoms with Crippen LogP contribution in [0.3, 0.4) is 0 Å². The Kier molecular flexibility index (Phi) is 4.02. The van der Waals surface area contributed by atoms with Crippen molar-refractivity contribution >= 4 is 5.78 Å². The van der Waals surface area contributed by atoms with E-state index >= 15 is 0 Å². The molecule has 2 saturated carbocycles. The molecule has 3 nitrogen and oxygen atoms in total. The number of carbonyl (C=O) groups excluding carboxylic acids is 1. The van der Waals surface area contributed by atoms with Crippen molar-refractivity contribution < 1.29 is 14.3 Å². The maximum absolute atomic E-state index is 13.1. The molecule has 0 amide bonds. The van der Waals surface area contributed by atoms with E-state index in [-0.39, 0.29) is 5.41 Å². The number of ketones is 1. The minimum atomic E-state index is -0.393. The summed E-state index contributed by atoms with van der Waals surface area (Å²) >= 11 is 0. The van der Waals surface area contributed by atoms with Crippen molar-refractivity contribution in [1.29, 1.82) is 0 Å². The summed E-state index contributed by atoms with van der Waals surface area (Å²) in [6, 6.07) is 10.5. The van der Waals surface area contributed by atoms with Crippen LogP contribution >= 0.6 is 0 Å².